The molecule has 1 saturated carbocycles. The van der Waals surface area contributed by atoms with E-state index in [-0.39, 0.29) is 11.9 Å². The van der Waals surface area contributed by atoms with E-state index in [0.717, 1.165) is 64.1 Å². The van der Waals surface area contributed by atoms with Crippen LogP contribution in [0.15, 0.2) is 4.99 Å². The average molecular weight is 311 g/mol. The summed E-state index contributed by atoms with van der Waals surface area (Å²) >= 11 is 0. The molecule has 2 N–H and O–H groups in total. The van der Waals surface area contributed by atoms with E-state index in [2.05, 4.69) is 15.2 Å². The highest BCUT2D eigenvalue weighted by Crippen LogP contribution is 2.29. The first-order chi connectivity index (χ1) is 10.6. The Morgan fingerprint density at radius 3 is 2.55 bits per heavy atom. The van der Waals surface area contributed by atoms with Gasteiger partial charge in [-0.2, -0.15) is 0 Å². The molecule has 2 aliphatic rings. The lowest BCUT2D eigenvalue weighted by Crippen LogP contribution is -2.47. The van der Waals surface area contributed by atoms with Crippen LogP contribution in [0.2, 0.25) is 0 Å². The quantitative estimate of drug-likeness (QED) is 0.463. The third kappa shape index (κ3) is 4.35. The van der Waals surface area contributed by atoms with E-state index >= 15 is 0 Å². The van der Waals surface area contributed by atoms with Crippen molar-refractivity contribution in [1.82, 2.24) is 10.2 Å². The number of aliphatic hydroxyl groups is 1. The molecule has 1 aliphatic heterocycles. The van der Waals surface area contributed by atoms with E-state index in [4.69, 9.17) is 4.74 Å². The first-order valence-corrected chi connectivity index (χ1v) is 8.41. The Labute approximate surface area is 132 Å². The number of nitrogens with zero attached hydrogens (tertiary/aromatic N) is 2. The maximum atomic E-state index is 11.6. The lowest BCUT2D eigenvalue weighted by molar-refractivity contribution is -0.146. The minimum absolute atomic E-state index is 0.00291. The number of rotatable bonds is 4. The Morgan fingerprint density at radius 2 is 2.00 bits per heavy atom. The average Bonchev–Trinajstić information content (AvgIpc) is 2.98. The lowest BCUT2D eigenvalue weighted by Gasteiger charge is -2.33. The SMILES string of the molecule is CCNC(=NCC1(O)CCCC1)N1CCC(C(=O)OC)CC1. The van der Waals surface area contributed by atoms with Crippen LogP contribution in [0, 0.1) is 5.92 Å². The van der Waals surface area contributed by atoms with Gasteiger partial charge in [0.05, 0.1) is 25.2 Å². The lowest BCUT2D eigenvalue weighted by atomic mass is 9.97. The molecule has 2 fully saturated rings. The number of nitrogens with one attached hydrogen (secondary N) is 1. The van der Waals surface area contributed by atoms with Crippen molar-refractivity contribution in [2.45, 2.75) is 51.0 Å². The third-order valence-electron chi connectivity index (χ3n) is 4.72. The fourth-order valence-corrected chi connectivity index (χ4v) is 3.33. The molecule has 2 rings (SSSR count). The zero-order valence-electron chi connectivity index (χ0n) is 13.8. The van der Waals surface area contributed by atoms with Gasteiger partial charge in [0.15, 0.2) is 5.96 Å². The van der Waals surface area contributed by atoms with Crippen LogP contribution in [0.4, 0.5) is 0 Å². The van der Waals surface area contributed by atoms with Gasteiger partial charge in [0, 0.05) is 19.6 Å². The molecule has 0 aromatic rings. The fourth-order valence-electron chi connectivity index (χ4n) is 3.33. The van der Waals surface area contributed by atoms with E-state index < -0.39 is 5.60 Å². The van der Waals surface area contributed by atoms with Crippen LogP contribution in [-0.2, 0) is 9.53 Å². The van der Waals surface area contributed by atoms with Crippen LogP contribution in [0.5, 0.6) is 0 Å². The zero-order chi connectivity index (χ0) is 16.0. The molecule has 22 heavy (non-hydrogen) atoms. The molecule has 0 amide bonds. The van der Waals surface area contributed by atoms with Crippen molar-refractivity contribution in [3.63, 3.8) is 0 Å². The molecule has 0 spiro atoms. The molecule has 6 nitrogen and oxygen atoms in total. The highest BCUT2D eigenvalue weighted by molar-refractivity contribution is 5.80. The van der Waals surface area contributed by atoms with Crippen molar-refractivity contribution in [2.24, 2.45) is 10.9 Å². The summed E-state index contributed by atoms with van der Waals surface area (Å²) in [4.78, 5) is 18.4. The molecular formula is C16H29N3O3. The Balaban J connectivity index is 1.92. The van der Waals surface area contributed by atoms with E-state index in [1.54, 1.807) is 0 Å². The molecule has 0 atom stereocenters. The number of hydrogen-bond donors (Lipinski definition) is 2. The van der Waals surface area contributed by atoms with Gasteiger partial charge in [-0.05, 0) is 32.6 Å². The fraction of sp³-hybridized carbons (Fsp3) is 0.875. The number of esters is 1. The van der Waals surface area contributed by atoms with Gasteiger partial charge < -0.3 is 20.1 Å². The molecular weight excluding hydrogens is 282 g/mol. The third-order valence-corrected chi connectivity index (χ3v) is 4.72. The molecule has 0 bridgehead atoms. The minimum Gasteiger partial charge on any atom is -0.469 e. The maximum Gasteiger partial charge on any atom is 0.308 e. The first kappa shape index (κ1) is 17.1. The van der Waals surface area contributed by atoms with E-state index in [0.29, 0.717) is 6.54 Å². The number of aliphatic imine (C=N–C) groups is 1. The summed E-state index contributed by atoms with van der Waals surface area (Å²) in [5, 5.41) is 13.7. The van der Waals surface area contributed by atoms with E-state index in [1.807, 2.05) is 6.92 Å². The van der Waals surface area contributed by atoms with Gasteiger partial charge >= 0.3 is 5.97 Å². The van der Waals surface area contributed by atoms with Crippen molar-refractivity contribution < 1.29 is 14.6 Å². The van der Waals surface area contributed by atoms with Crippen molar-refractivity contribution in [2.75, 3.05) is 33.3 Å². The second-order valence-corrected chi connectivity index (χ2v) is 6.39. The molecule has 0 aromatic heterocycles. The van der Waals surface area contributed by atoms with Crippen molar-refractivity contribution >= 4 is 11.9 Å². The molecule has 1 saturated heterocycles. The van der Waals surface area contributed by atoms with Crippen molar-refractivity contribution in [1.29, 1.82) is 0 Å². The van der Waals surface area contributed by atoms with Gasteiger partial charge in [-0.1, -0.05) is 12.8 Å². The smallest absolute Gasteiger partial charge is 0.308 e. The monoisotopic (exact) mass is 311 g/mol. The van der Waals surface area contributed by atoms with Gasteiger partial charge in [0.2, 0.25) is 0 Å². The molecule has 1 aliphatic carbocycles. The van der Waals surface area contributed by atoms with Crippen LogP contribution >= 0.6 is 0 Å². The summed E-state index contributed by atoms with van der Waals surface area (Å²) in [5.41, 5.74) is -0.620. The van der Waals surface area contributed by atoms with Gasteiger partial charge in [-0.15, -0.1) is 0 Å². The topological polar surface area (TPSA) is 74.2 Å². The van der Waals surface area contributed by atoms with Crippen LogP contribution in [0.3, 0.4) is 0 Å². The Bertz CT molecular complexity index is 397. The number of carbonyl (C=O) groups is 1. The minimum atomic E-state index is -0.620. The van der Waals surface area contributed by atoms with Crippen LogP contribution in [0.1, 0.15) is 45.4 Å². The van der Waals surface area contributed by atoms with Gasteiger partial charge in [-0.25, -0.2) is 0 Å². The summed E-state index contributed by atoms with van der Waals surface area (Å²) < 4.78 is 4.82. The number of methoxy groups -OCH3 is 1. The van der Waals surface area contributed by atoms with Crippen LogP contribution in [0.25, 0.3) is 0 Å². The number of likely N-dealkylation sites (tertiary alicyclic amines) is 1. The predicted octanol–water partition coefficient (Wildman–Crippen LogP) is 1.14. The summed E-state index contributed by atoms with van der Waals surface area (Å²) in [6.45, 7) is 4.90. The summed E-state index contributed by atoms with van der Waals surface area (Å²) in [6.07, 6.45) is 5.46. The number of carbonyl (C=O) groups excluding carboxylic acids is 1. The molecule has 0 unspecified atom stereocenters. The van der Waals surface area contributed by atoms with Crippen molar-refractivity contribution in [3.8, 4) is 0 Å². The number of piperidine rings is 1. The normalized spacial score (nSPS) is 22.7. The zero-order valence-corrected chi connectivity index (χ0v) is 13.8. The summed E-state index contributed by atoms with van der Waals surface area (Å²) in [5.74, 6) is 0.746. The Kier molecular flexibility index (Phi) is 6.06. The van der Waals surface area contributed by atoms with Gasteiger partial charge in [0.25, 0.3) is 0 Å². The molecule has 126 valence electrons. The highest BCUT2D eigenvalue weighted by Gasteiger charge is 2.32. The van der Waals surface area contributed by atoms with Gasteiger partial charge in [0.1, 0.15) is 0 Å². The summed E-state index contributed by atoms with van der Waals surface area (Å²) in [6, 6.07) is 0. The van der Waals surface area contributed by atoms with E-state index in [9.17, 15) is 9.90 Å². The second-order valence-electron chi connectivity index (χ2n) is 6.39. The van der Waals surface area contributed by atoms with Gasteiger partial charge in [-0.3, -0.25) is 9.79 Å². The Hall–Kier alpha value is -1.30. The standard InChI is InChI=1S/C16H29N3O3/c1-3-17-15(18-12-16(21)8-4-5-9-16)19-10-6-13(7-11-19)14(20)22-2/h13,21H,3-12H2,1-2H3,(H,17,18). The number of guanidine groups is 1. The van der Waals surface area contributed by atoms with Crippen LogP contribution < -0.4 is 5.32 Å². The number of hydrogen-bond acceptors (Lipinski definition) is 4. The predicted molar refractivity (Wildman–Crippen MR) is 85.7 cm³/mol. The maximum absolute atomic E-state index is 11.6. The molecule has 0 aromatic carbocycles. The first-order valence-electron chi connectivity index (χ1n) is 8.41. The number of ether oxygens (including phenoxy) is 1. The summed E-state index contributed by atoms with van der Waals surface area (Å²) in [7, 11) is 1.45. The van der Waals surface area contributed by atoms with Crippen molar-refractivity contribution in [3.05, 3.63) is 0 Å². The Morgan fingerprint density at radius 1 is 1.36 bits per heavy atom. The van der Waals surface area contributed by atoms with Crippen LogP contribution in [-0.4, -0.2) is 60.8 Å². The molecule has 0 radical (unpaired) electrons. The highest BCUT2D eigenvalue weighted by atomic mass is 16.5. The largest absolute Gasteiger partial charge is 0.469 e. The molecule has 1 heterocycles. The molecule has 6 heteroatoms. The van der Waals surface area contributed by atoms with E-state index in [1.165, 1.54) is 7.11 Å². The second kappa shape index (κ2) is 7.81.